The van der Waals surface area contributed by atoms with Crippen LogP contribution in [0, 0.1) is 16.2 Å². The topological polar surface area (TPSA) is 165 Å². The zero-order chi connectivity index (χ0) is 30.5. The number of carbonyl (C=O) groups excluding carboxylic acids is 5. The van der Waals surface area contributed by atoms with E-state index in [4.69, 9.17) is 68.6 Å². The number of hydrogen-bond acceptors (Lipinski definition) is 12. The smallest absolute Gasteiger partial charge is 0.339 e. The summed E-state index contributed by atoms with van der Waals surface area (Å²) in [6.07, 6.45) is -9.42. The highest BCUT2D eigenvalue weighted by atomic mass is 35.6. The second-order valence-electron chi connectivity index (χ2n) is 10.8. The van der Waals surface area contributed by atoms with Gasteiger partial charge >= 0.3 is 23.9 Å². The van der Waals surface area contributed by atoms with E-state index in [2.05, 4.69) is 0 Å². The van der Waals surface area contributed by atoms with Gasteiger partial charge in [0.2, 0.25) is 18.3 Å². The third-order valence-corrected chi connectivity index (χ3v) is 5.59. The molecule has 0 aromatic carbocycles. The van der Waals surface area contributed by atoms with Gasteiger partial charge in [0.25, 0.3) is 3.79 Å². The minimum Gasteiger partial charge on any atom is -0.467 e. The molecule has 222 valence electrons. The molecule has 39 heavy (non-hydrogen) atoms. The van der Waals surface area contributed by atoms with Gasteiger partial charge in [-0.25, -0.2) is 4.79 Å². The molecule has 0 spiro atoms. The molecule has 1 heterocycles. The number of nitrogens with one attached hydrogen (secondary N) is 1. The zero-order valence-corrected chi connectivity index (χ0v) is 25.2. The maximum Gasteiger partial charge on any atom is 0.339 e. The molecule has 0 aromatic rings. The lowest BCUT2D eigenvalue weighted by molar-refractivity contribution is -0.289. The molecule has 0 bridgehead atoms. The Balaban J connectivity index is 3.72. The molecule has 0 amide bonds. The van der Waals surface area contributed by atoms with E-state index < -0.39 is 75.1 Å². The number of ether oxygens (including phenoxy) is 6. The quantitative estimate of drug-likeness (QED) is 0.139. The number of esters is 4. The molecular weight excluding hydrogens is 585 g/mol. The number of Topliss-reactive ketones (excluding diaryl/α,β-unsaturated/α-hetero) is 1. The first-order valence-corrected chi connectivity index (χ1v) is 12.9. The molecule has 0 radical (unpaired) electrons. The van der Waals surface area contributed by atoms with E-state index in [-0.39, 0.29) is 18.6 Å². The molecule has 1 saturated heterocycles. The van der Waals surface area contributed by atoms with Crippen LogP contribution in [0.4, 0.5) is 0 Å². The van der Waals surface area contributed by atoms with Gasteiger partial charge in [0, 0.05) is 6.42 Å². The van der Waals surface area contributed by atoms with Crippen molar-refractivity contribution in [3.05, 3.63) is 0 Å². The van der Waals surface area contributed by atoms with Crippen LogP contribution in [0.2, 0.25) is 0 Å². The van der Waals surface area contributed by atoms with Gasteiger partial charge in [0.15, 0.2) is 18.3 Å². The molecule has 1 aliphatic rings. The van der Waals surface area contributed by atoms with Crippen molar-refractivity contribution in [3.8, 4) is 0 Å². The third kappa shape index (κ3) is 10.4. The van der Waals surface area contributed by atoms with Crippen LogP contribution in [0.1, 0.15) is 61.3 Å². The Morgan fingerprint density at radius 1 is 0.769 bits per heavy atom. The lowest BCUT2D eigenvalue weighted by atomic mass is 9.94. The molecular formula is C24H34Cl3NO11. The normalized spacial score (nSPS) is 23.7. The van der Waals surface area contributed by atoms with Crippen molar-refractivity contribution < 1.29 is 52.4 Å². The van der Waals surface area contributed by atoms with E-state index in [9.17, 15) is 24.0 Å². The SMILES string of the molecule is COC(=O)[C@H]1O[C@H](OC(=N)C(Cl)(Cl)Cl)[C@H](OC(=O)C(C)(C)C)[C@@H](OC(=O)C(C)(C)C)[C@@H]1OC(=O)CCC(C)=O. The van der Waals surface area contributed by atoms with E-state index in [0.717, 1.165) is 7.11 Å². The van der Waals surface area contributed by atoms with Crippen LogP contribution in [0.5, 0.6) is 0 Å². The number of carbonyl (C=O) groups is 5. The van der Waals surface area contributed by atoms with Crippen molar-refractivity contribution in [1.82, 2.24) is 0 Å². The number of ketones is 1. The van der Waals surface area contributed by atoms with E-state index in [1.807, 2.05) is 0 Å². The Hall–Kier alpha value is -2.15. The molecule has 0 unspecified atom stereocenters. The van der Waals surface area contributed by atoms with E-state index in [1.165, 1.54) is 48.5 Å². The number of hydrogen-bond donors (Lipinski definition) is 1. The summed E-state index contributed by atoms with van der Waals surface area (Å²) < 4.78 is 30.0. The maximum atomic E-state index is 13.0. The van der Waals surface area contributed by atoms with Gasteiger partial charge in [-0.05, 0) is 48.5 Å². The Bertz CT molecular complexity index is 966. The van der Waals surface area contributed by atoms with E-state index >= 15 is 0 Å². The van der Waals surface area contributed by atoms with Gasteiger partial charge in [-0.15, -0.1) is 0 Å². The van der Waals surface area contributed by atoms with Gasteiger partial charge in [-0.2, -0.15) is 0 Å². The van der Waals surface area contributed by atoms with Crippen LogP contribution in [0.25, 0.3) is 0 Å². The number of alkyl halides is 3. The molecule has 5 atom stereocenters. The molecule has 1 N–H and O–H groups in total. The maximum absolute atomic E-state index is 13.0. The molecule has 15 heteroatoms. The molecule has 0 aromatic heterocycles. The van der Waals surface area contributed by atoms with Crippen molar-refractivity contribution in [1.29, 1.82) is 5.41 Å². The van der Waals surface area contributed by atoms with Gasteiger partial charge in [0.05, 0.1) is 24.4 Å². The lowest BCUT2D eigenvalue weighted by Crippen LogP contribution is -2.65. The average molecular weight is 619 g/mol. The van der Waals surface area contributed by atoms with Crippen molar-refractivity contribution in [2.45, 2.75) is 95.8 Å². The predicted octanol–water partition coefficient (Wildman–Crippen LogP) is 3.45. The summed E-state index contributed by atoms with van der Waals surface area (Å²) in [4.78, 5) is 62.7. The summed E-state index contributed by atoms with van der Waals surface area (Å²) in [5.74, 6) is -4.99. The van der Waals surface area contributed by atoms with E-state index in [0.29, 0.717) is 0 Å². The summed E-state index contributed by atoms with van der Waals surface area (Å²) >= 11 is 17.2. The molecule has 0 saturated carbocycles. The van der Waals surface area contributed by atoms with Crippen molar-refractivity contribution >= 4 is 70.4 Å². The van der Waals surface area contributed by atoms with Crippen LogP contribution >= 0.6 is 34.8 Å². The predicted molar refractivity (Wildman–Crippen MR) is 138 cm³/mol. The summed E-state index contributed by atoms with van der Waals surface area (Å²) in [6.45, 7) is 10.5. The molecule has 1 rings (SSSR count). The third-order valence-electron chi connectivity index (χ3n) is 5.08. The van der Waals surface area contributed by atoms with Crippen molar-refractivity contribution in [3.63, 3.8) is 0 Å². The van der Waals surface area contributed by atoms with E-state index in [1.54, 1.807) is 0 Å². The summed E-state index contributed by atoms with van der Waals surface area (Å²) in [5, 5.41) is 7.97. The second-order valence-corrected chi connectivity index (χ2v) is 13.1. The van der Waals surface area contributed by atoms with Crippen LogP contribution in [-0.4, -0.2) is 77.2 Å². The highest BCUT2D eigenvalue weighted by molar-refractivity contribution is 6.76. The first-order chi connectivity index (χ1) is 17.6. The fourth-order valence-corrected chi connectivity index (χ4v) is 3.01. The molecule has 1 aliphatic heterocycles. The van der Waals surface area contributed by atoms with Crippen LogP contribution in [0.15, 0.2) is 0 Å². The lowest BCUT2D eigenvalue weighted by Gasteiger charge is -2.44. The van der Waals surface area contributed by atoms with Gasteiger partial charge in [0.1, 0.15) is 5.78 Å². The highest BCUT2D eigenvalue weighted by Gasteiger charge is 2.57. The summed E-state index contributed by atoms with van der Waals surface area (Å²) in [6, 6.07) is 0. The monoisotopic (exact) mass is 617 g/mol. The highest BCUT2D eigenvalue weighted by Crippen LogP contribution is 2.35. The zero-order valence-electron chi connectivity index (χ0n) is 22.9. The summed E-state index contributed by atoms with van der Waals surface area (Å²) in [7, 11) is 1.02. The number of methoxy groups -OCH3 is 1. The van der Waals surface area contributed by atoms with Crippen LogP contribution in [-0.2, 0) is 52.4 Å². The van der Waals surface area contributed by atoms with Crippen molar-refractivity contribution in [2.75, 3.05) is 7.11 Å². The minimum absolute atomic E-state index is 0.170. The Labute approximate surface area is 241 Å². The van der Waals surface area contributed by atoms with Gasteiger partial charge in [-0.3, -0.25) is 19.8 Å². The largest absolute Gasteiger partial charge is 0.467 e. The first-order valence-electron chi connectivity index (χ1n) is 11.8. The fraction of sp³-hybridized carbons (Fsp3) is 0.750. The molecule has 12 nitrogen and oxygen atoms in total. The molecule has 0 aliphatic carbocycles. The number of halogens is 3. The Morgan fingerprint density at radius 2 is 1.26 bits per heavy atom. The van der Waals surface area contributed by atoms with Crippen molar-refractivity contribution in [2.24, 2.45) is 10.8 Å². The van der Waals surface area contributed by atoms with Gasteiger partial charge in [-0.1, -0.05) is 34.8 Å². The molecule has 1 fully saturated rings. The van der Waals surface area contributed by atoms with Crippen LogP contribution < -0.4 is 0 Å². The fourth-order valence-electron chi connectivity index (χ4n) is 2.87. The number of rotatable bonds is 8. The Morgan fingerprint density at radius 3 is 1.67 bits per heavy atom. The van der Waals surface area contributed by atoms with Crippen LogP contribution in [0.3, 0.4) is 0 Å². The second kappa shape index (κ2) is 13.5. The first kappa shape index (κ1) is 34.9. The minimum atomic E-state index is -2.39. The van der Waals surface area contributed by atoms with Gasteiger partial charge < -0.3 is 33.2 Å². The average Bonchev–Trinajstić information content (AvgIpc) is 2.78. The Kier molecular flexibility index (Phi) is 12.0. The standard InChI is InChI=1S/C24H34Cl3NO11/c1-11(29)9-10-12(30)35-13-14(37-20(32)22(2,3)4)16(38-21(33)23(5,6)7)18(36-15(13)17(31)34-8)39-19(28)24(25,26)27/h13-16,18,28H,9-10H2,1-8H3/t13-,14-,15-,16+,18+/m0/s1. The summed E-state index contributed by atoms with van der Waals surface area (Å²) in [5.41, 5.74) is -2.21.